The first-order valence-corrected chi connectivity index (χ1v) is 6.39. The van der Waals surface area contributed by atoms with E-state index in [1.165, 1.54) is 0 Å². The van der Waals surface area contributed by atoms with Gasteiger partial charge < -0.3 is 19.5 Å². The summed E-state index contributed by atoms with van der Waals surface area (Å²) < 4.78 is 16.1. The number of carbonyl (C=O) groups excluding carboxylic acids is 1. The third-order valence-corrected chi connectivity index (χ3v) is 3.52. The van der Waals surface area contributed by atoms with Crippen LogP contribution >= 0.6 is 0 Å². The van der Waals surface area contributed by atoms with Crippen LogP contribution in [0.5, 0.6) is 11.5 Å². The molecule has 102 valence electrons. The molecule has 1 amide bonds. The molecule has 0 aromatic heterocycles. The van der Waals surface area contributed by atoms with E-state index in [1.54, 1.807) is 0 Å². The maximum atomic E-state index is 11.4. The molecule has 5 nitrogen and oxygen atoms in total. The first-order valence-electron chi connectivity index (χ1n) is 6.39. The van der Waals surface area contributed by atoms with Gasteiger partial charge >= 0.3 is 6.09 Å². The van der Waals surface area contributed by atoms with Crippen LogP contribution in [0.25, 0.3) is 0 Å². The van der Waals surface area contributed by atoms with Crippen molar-refractivity contribution in [3.8, 4) is 11.5 Å². The molecule has 2 heterocycles. The number of benzene rings is 1. The monoisotopic (exact) mass is 263 g/mol. The second-order valence-corrected chi connectivity index (χ2v) is 5.55. The molecule has 0 aliphatic carbocycles. The fourth-order valence-electron chi connectivity index (χ4n) is 2.46. The van der Waals surface area contributed by atoms with Crippen LogP contribution in [0, 0.1) is 5.41 Å². The van der Waals surface area contributed by atoms with Crippen molar-refractivity contribution < 1.29 is 19.0 Å². The van der Waals surface area contributed by atoms with Gasteiger partial charge in [-0.05, 0) is 17.7 Å². The second kappa shape index (κ2) is 4.33. The van der Waals surface area contributed by atoms with Gasteiger partial charge in [0.15, 0.2) is 11.5 Å². The van der Waals surface area contributed by atoms with Crippen LogP contribution in [-0.4, -0.2) is 25.9 Å². The quantitative estimate of drug-likeness (QED) is 0.844. The number of cyclic esters (lactones) is 1. The van der Waals surface area contributed by atoms with Gasteiger partial charge in [-0.3, -0.25) is 0 Å². The molecule has 3 rings (SSSR count). The minimum atomic E-state index is -0.376. The molecule has 2 aliphatic rings. The summed E-state index contributed by atoms with van der Waals surface area (Å²) in [6.45, 7) is 5.66. The van der Waals surface area contributed by atoms with Gasteiger partial charge in [-0.1, -0.05) is 19.9 Å². The summed E-state index contributed by atoms with van der Waals surface area (Å²) in [6, 6.07) is 5.70. The van der Waals surface area contributed by atoms with E-state index in [4.69, 9.17) is 14.2 Å². The Morgan fingerprint density at radius 1 is 1.16 bits per heavy atom. The minimum Gasteiger partial charge on any atom is -0.486 e. The van der Waals surface area contributed by atoms with Gasteiger partial charge in [-0.15, -0.1) is 0 Å². The highest BCUT2D eigenvalue weighted by Crippen LogP contribution is 2.40. The van der Waals surface area contributed by atoms with Crippen LogP contribution in [0.3, 0.4) is 0 Å². The first kappa shape index (κ1) is 12.1. The van der Waals surface area contributed by atoms with E-state index in [0.717, 1.165) is 17.1 Å². The van der Waals surface area contributed by atoms with Crippen LogP contribution in [0.2, 0.25) is 0 Å². The number of hydrogen-bond acceptors (Lipinski definition) is 4. The maximum absolute atomic E-state index is 11.4. The Labute approximate surface area is 111 Å². The normalized spacial score (nSPS) is 24.3. The number of nitrogens with one attached hydrogen (secondary N) is 1. The van der Waals surface area contributed by atoms with Crippen molar-refractivity contribution in [3.63, 3.8) is 0 Å². The highest BCUT2D eigenvalue weighted by Gasteiger charge is 2.38. The first-order chi connectivity index (χ1) is 9.06. The van der Waals surface area contributed by atoms with Crippen LogP contribution < -0.4 is 14.8 Å². The molecule has 1 N–H and O–H groups in total. The van der Waals surface area contributed by atoms with Gasteiger partial charge in [0.05, 0.1) is 6.04 Å². The summed E-state index contributed by atoms with van der Waals surface area (Å²) in [7, 11) is 0. The lowest BCUT2D eigenvalue weighted by Crippen LogP contribution is -2.46. The average molecular weight is 263 g/mol. The van der Waals surface area contributed by atoms with E-state index < -0.39 is 0 Å². The van der Waals surface area contributed by atoms with Gasteiger partial charge in [0.25, 0.3) is 0 Å². The molecule has 2 aliphatic heterocycles. The number of hydrogen-bond donors (Lipinski definition) is 1. The zero-order chi connectivity index (χ0) is 13.5. The molecule has 19 heavy (non-hydrogen) atoms. The number of rotatable bonds is 1. The van der Waals surface area contributed by atoms with Crippen LogP contribution in [0.4, 0.5) is 4.79 Å². The molecule has 5 heteroatoms. The Morgan fingerprint density at radius 3 is 2.68 bits per heavy atom. The van der Waals surface area contributed by atoms with Crippen molar-refractivity contribution in [1.82, 2.24) is 5.32 Å². The molecule has 1 saturated heterocycles. The number of alkyl carbamates (subject to hydrolysis) is 1. The van der Waals surface area contributed by atoms with Crippen molar-refractivity contribution in [1.29, 1.82) is 0 Å². The van der Waals surface area contributed by atoms with Gasteiger partial charge in [0.2, 0.25) is 0 Å². The van der Waals surface area contributed by atoms with E-state index in [-0.39, 0.29) is 17.6 Å². The Kier molecular flexibility index (Phi) is 2.77. The predicted octanol–water partition coefficient (Wildman–Crippen LogP) is 2.26. The average Bonchev–Trinajstić information content (AvgIpc) is 2.41. The number of amides is 1. The molecule has 0 spiro atoms. The van der Waals surface area contributed by atoms with Gasteiger partial charge in [0.1, 0.15) is 19.8 Å². The zero-order valence-electron chi connectivity index (χ0n) is 11.1. The van der Waals surface area contributed by atoms with E-state index in [2.05, 4.69) is 19.2 Å². The predicted molar refractivity (Wildman–Crippen MR) is 68.4 cm³/mol. The Hall–Kier alpha value is -1.91. The van der Waals surface area contributed by atoms with E-state index in [1.807, 2.05) is 18.2 Å². The highest BCUT2D eigenvalue weighted by atomic mass is 16.6. The van der Waals surface area contributed by atoms with Gasteiger partial charge in [-0.25, -0.2) is 4.79 Å². The second-order valence-electron chi connectivity index (χ2n) is 5.55. The third-order valence-electron chi connectivity index (χ3n) is 3.52. The summed E-state index contributed by atoms with van der Waals surface area (Å²) in [6.07, 6.45) is -0.376. The lowest BCUT2D eigenvalue weighted by atomic mass is 9.80. The third kappa shape index (κ3) is 2.20. The SMILES string of the molecule is CC1(C)COC(=O)N[C@@H]1c1ccc2c(c1)OCCO2. The van der Waals surface area contributed by atoms with Crippen molar-refractivity contribution >= 4 is 6.09 Å². The smallest absolute Gasteiger partial charge is 0.407 e. The Bertz CT molecular complexity index is 512. The molecule has 0 bridgehead atoms. The van der Waals surface area contributed by atoms with E-state index in [9.17, 15) is 4.79 Å². The number of carbonyl (C=O) groups is 1. The maximum Gasteiger partial charge on any atom is 0.407 e. The van der Waals surface area contributed by atoms with E-state index in [0.29, 0.717) is 19.8 Å². The Morgan fingerprint density at radius 2 is 1.89 bits per heavy atom. The lowest BCUT2D eigenvalue weighted by Gasteiger charge is -2.38. The largest absolute Gasteiger partial charge is 0.486 e. The molecule has 1 fully saturated rings. The van der Waals surface area contributed by atoms with E-state index >= 15 is 0 Å². The standard InChI is InChI=1S/C14H17NO4/c1-14(2)8-19-13(16)15-12(14)9-3-4-10-11(7-9)18-6-5-17-10/h3-4,7,12H,5-6,8H2,1-2H3,(H,15,16)/t12-/m1/s1. The fraction of sp³-hybridized carbons (Fsp3) is 0.500. The minimum absolute atomic E-state index is 0.0930. The van der Waals surface area contributed by atoms with Crippen LogP contribution in [0.1, 0.15) is 25.5 Å². The molecule has 1 atom stereocenters. The van der Waals surface area contributed by atoms with Crippen molar-refractivity contribution in [2.75, 3.05) is 19.8 Å². The zero-order valence-corrected chi connectivity index (χ0v) is 11.1. The van der Waals surface area contributed by atoms with Gasteiger partial charge in [0, 0.05) is 5.41 Å². The number of ether oxygens (including phenoxy) is 3. The molecule has 0 unspecified atom stereocenters. The number of fused-ring (bicyclic) bond motifs is 1. The molecule has 1 aromatic carbocycles. The fourth-order valence-corrected chi connectivity index (χ4v) is 2.46. The van der Waals surface area contributed by atoms with Crippen molar-refractivity contribution in [2.45, 2.75) is 19.9 Å². The van der Waals surface area contributed by atoms with Crippen LogP contribution in [0.15, 0.2) is 18.2 Å². The summed E-state index contributed by atoms with van der Waals surface area (Å²) in [4.78, 5) is 11.4. The topological polar surface area (TPSA) is 56.8 Å². The molecule has 0 saturated carbocycles. The highest BCUT2D eigenvalue weighted by molar-refractivity contribution is 5.69. The molecular formula is C14H17NO4. The van der Waals surface area contributed by atoms with Crippen molar-refractivity contribution in [2.24, 2.45) is 5.41 Å². The summed E-state index contributed by atoms with van der Waals surface area (Å²) in [5, 5.41) is 2.87. The van der Waals surface area contributed by atoms with Gasteiger partial charge in [-0.2, -0.15) is 0 Å². The molecule has 1 aromatic rings. The molecular weight excluding hydrogens is 246 g/mol. The van der Waals surface area contributed by atoms with Crippen LogP contribution in [-0.2, 0) is 4.74 Å². The summed E-state index contributed by atoms with van der Waals surface area (Å²) in [5.41, 5.74) is 0.836. The summed E-state index contributed by atoms with van der Waals surface area (Å²) >= 11 is 0. The Balaban J connectivity index is 1.94. The molecule has 0 radical (unpaired) electrons. The lowest BCUT2D eigenvalue weighted by molar-refractivity contribution is 0.0386. The van der Waals surface area contributed by atoms with Crippen molar-refractivity contribution in [3.05, 3.63) is 23.8 Å². The summed E-state index contributed by atoms with van der Waals surface area (Å²) in [5.74, 6) is 1.49.